The van der Waals surface area contributed by atoms with Gasteiger partial charge in [-0.15, -0.1) is 0 Å². The third-order valence-electron chi connectivity index (χ3n) is 3.15. The van der Waals surface area contributed by atoms with Gasteiger partial charge < -0.3 is 10.6 Å². The maximum atomic E-state index is 11.6. The quantitative estimate of drug-likeness (QED) is 0.673. The Bertz CT molecular complexity index is 199. The van der Waals surface area contributed by atoms with Gasteiger partial charge in [0.1, 0.15) is 0 Å². The summed E-state index contributed by atoms with van der Waals surface area (Å²) in [5.41, 5.74) is 0. The average molecular weight is 182 g/mol. The molecule has 0 aromatic heterocycles. The summed E-state index contributed by atoms with van der Waals surface area (Å²) < 4.78 is 0. The minimum atomic E-state index is 0.0955. The Hall–Kier alpha value is -0.570. The van der Waals surface area contributed by atoms with Crippen LogP contribution in [0.1, 0.15) is 32.6 Å². The van der Waals surface area contributed by atoms with Crippen molar-refractivity contribution in [2.45, 2.75) is 44.7 Å². The van der Waals surface area contributed by atoms with Crippen molar-refractivity contribution >= 4 is 5.91 Å². The summed E-state index contributed by atoms with van der Waals surface area (Å²) in [7, 11) is 0. The first-order chi connectivity index (χ1) is 6.31. The second-order valence-electron chi connectivity index (χ2n) is 4.17. The maximum Gasteiger partial charge on any atom is 0.237 e. The Balaban J connectivity index is 1.72. The highest BCUT2D eigenvalue weighted by molar-refractivity contribution is 5.82. The lowest BCUT2D eigenvalue weighted by atomic mass is 10.2. The lowest BCUT2D eigenvalue weighted by molar-refractivity contribution is -0.123. The van der Waals surface area contributed by atoms with Crippen molar-refractivity contribution in [3.63, 3.8) is 0 Å². The van der Waals surface area contributed by atoms with E-state index in [4.69, 9.17) is 0 Å². The van der Waals surface area contributed by atoms with Gasteiger partial charge in [0.15, 0.2) is 0 Å². The Labute approximate surface area is 79.3 Å². The van der Waals surface area contributed by atoms with Gasteiger partial charge in [0, 0.05) is 6.04 Å². The molecule has 0 radical (unpaired) electrons. The number of amides is 1. The molecule has 1 amide bonds. The van der Waals surface area contributed by atoms with Crippen LogP contribution in [0.3, 0.4) is 0 Å². The first-order valence-corrected chi connectivity index (χ1v) is 5.35. The van der Waals surface area contributed by atoms with Gasteiger partial charge in [-0.1, -0.05) is 13.3 Å². The van der Waals surface area contributed by atoms with E-state index in [0.29, 0.717) is 6.04 Å². The molecule has 13 heavy (non-hydrogen) atoms. The van der Waals surface area contributed by atoms with Crippen molar-refractivity contribution in [2.24, 2.45) is 5.92 Å². The van der Waals surface area contributed by atoms with E-state index in [1.165, 1.54) is 12.8 Å². The van der Waals surface area contributed by atoms with E-state index >= 15 is 0 Å². The van der Waals surface area contributed by atoms with E-state index in [9.17, 15) is 4.79 Å². The fourth-order valence-electron chi connectivity index (χ4n) is 2.07. The molecular formula is C10H18N2O. The molecule has 0 spiro atoms. The fraction of sp³-hybridized carbons (Fsp3) is 0.900. The normalized spacial score (nSPS) is 37.5. The Morgan fingerprint density at radius 1 is 1.62 bits per heavy atom. The highest BCUT2D eigenvalue weighted by Gasteiger charge is 2.37. The second-order valence-corrected chi connectivity index (χ2v) is 4.17. The Kier molecular flexibility index (Phi) is 2.54. The zero-order valence-electron chi connectivity index (χ0n) is 8.18. The molecule has 2 rings (SSSR count). The van der Waals surface area contributed by atoms with E-state index < -0.39 is 0 Å². The van der Waals surface area contributed by atoms with Gasteiger partial charge in [0.25, 0.3) is 0 Å². The minimum absolute atomic E-state index is 0.0955. The minimum Gasteiger partial charge on any atom is -0.352 e. The third kappa shape index (κ3) is 2.02. The average Bonchev–Trinajstić information content (AvgIpc) is 2.68. The third-order valence-corrected chi connectivity index (χ3v) is 3.15. The molecule has 0 bridgehead atoms. The molecule has 0 aromatic rings. The van der Waals surface area contributed by atoms with E-state index in [0.717, 1.165) is 25.3 Å². The summed E-state index contributed by atoms with van der Waals surface area (Å²) in [4.78, 5) is 11.6. The molecule has 2 aliphatic rings. The predicted molar refractivity (Wildman–Crippen MR) is 51.4 cm³/mol. The zero-order valence-corrected chi connectivity index (χ0v) is 8.18. The highest BCUT2D eigenvalue weighted by Crippen LogP contribution is 2.33. The first-order valence-electron chi connectivity index (χ1n) is 5.35. The monoisotopic (exact) mass is 182 g/mol. The molecule has 1 saturated heterocycles. The molecule has 0 aromatic carbocycles. The molecule has 2 unspecified atom stereocenters. The summed E-state index contributed by atoms with van der Waals surface area (Å²) in [5, 5.41) is 6.31. The van der Waals surface area contributed by atoms with Crippen LogP contribution >= 0.6 is 0 Å². The van der Waals surface area contributed by atoms with Gasteiger partial charge in [-0.3, -0.25) is 4.79 Å². The smallest absolute Gasteiger partial charge is 0.237 e. The number of carbonyl (C=O) groups is 1. The summed E-state index contributed by atoms with van der Waals surface area (Å²) in [6, 6.07) is 0.581. The van der Waals surface area contributed by atoms with E-state index in [-0.39, 0.29) is 11.9 Å². The van der Waals surface area contributed by atoms with Gasteiger partial charge >= 0.3 is 0 Å². The number of carbonyl (C=O) groups excluding carboxylic acids is 1. The molecule has 2 N–H and O–H groups in total. The van der Waals surface area contributed by atoms with Crippen molar-refractivity contribution in [1.29, 1.82) is 0 Å². The summed E-state index contributed by atoms with van der Waals surface area (Å²) in [6.07, 6.45) is 4.54. The predicted octanol–water partition coefficient (Wildman–Crippen LogP) is 0.653. The molecule has 3 heteroatoms. The van der Waals surface area contributed by atoms with Crippen LogP contribution in [0.2, 0.25) is 0 Å². The van der Waals surface area contributed by atoms with Crippen molar-refractivity contribution in [1.82, 2.24) is 10.6 Å². The van der Waals surface area contributed by atoms with Crippen LogP contribution in [0.5, 0.6) is 0 Å². The summed E-state index contributed by atoms with van der Waals surface area (Å²) in [6.45, 7) is 3.19. The molecule has 3 atom stereocenters. The molecule has 74 valence electrons. The fourth-order valence-corrected chi connectivity index (χ4v) is 2.07. The van der Waals surface area contributed by atoms with Crippen LogP contribution in [-0.2, 0) is 4.79 Å². The van der Waals surface area contributed by atoms with Gasteiger partial charge in [-0.2, -0.15) is 0 Å². The van der Waals surface area contributed by atoms with Crippen LogP contribution in [0.4, 0.5) is 0 Å². The number of rotatable bonds is 3. The van der Waals surface area contributed by atoms with Gasteiger partial charge in [-0.25, -0.2) is 0 Å². The summed E-state index contributed by atoms with van der Waals surface area (Å²) >= 11 is 0. The SMILES string of the molecule is CCC1CC1NC(=O)[C@@H]1CCCN1. The lowest BCUT2D eigenvalue weighted by Gasteiger charge is -2.10. The largest absolute Gasteiger partial charge is 0.352 e. The second kappa shape index (κ2) is 3.66. The summed E-state index contributed by atoms with van der Waals surface area (Å²) in [5.74, 6) is 0.976. The van der Waals surface area contributed by atoms with Gasteiger partial charge in [0.2, 0.25) is 5.91 Å². The van der Waals surface area contributed by atoms with Crippen molar-refractivity contribution in [3.8, 4) is 0 Å². The van der Waals surface area contributed by atoms with Crippen molar-refractivity contribution in [2.75, 3.05) is 6.54 Å². The number of hydrogen-bond donors (Lipinski definition) is 2. The van der Waals surface area contributed by atoms with Crippen LogP contribution in [0.25, 0.3) is 0 Å². The van der Waals surface area contributed by atoms with Crippen LogP contribution in [0.15, 0.2) is 0 Å². The topological polar surface area (TPSA) is 41.1 Å². The maximum absolute atomic E-state index is 11.6. The number of nitrogens with one attached hydrogen (secondary N) is 2. The molecule has 1 heterocycles. The highest BCUT2D eigenvalue weighted by atomic mass is 16.2. The Morgan fingerprint density at radius 3 is 3.00 bits per heavy atom. The Morgan fingerprint density at radius 2 is 2.46 bits per heavy atom. The molecular weight excluding hydrogens is 164 g/mol. The van der Waals surface area contributed by atoms with Gasteiger partial charge in [-0.05, 0) is 31.7 Å². The van der Waals surface area contributed by atoms with Gasteiger partial charge in [0.05, 0.1) is 6.04 Å². The molecule has 3 nitrogen and oxygen atoms in total. The number of hydrogen-bond acceptors (Lipinski definition) is 2. The van der Waals surface area contributed by atoms with Crippen LogP contribution in [0, 0.1) is 5.92 Å². The van der Waals surface area contributed by atoms with E-state index in [1.807, 2.05) is 0 Å². The lowest BCUT2D eigenvalue weighted by Crippen LogP contribution is -2.41. The van der Waals surface area contributed by atoms with Crippen molar-refractivity contribution in [3.05, 3.63) is 0 Å². The molecule has 1 saturated carbocycles. The van der Waals surface area contributed by atoms with E-state index in [1.54, 1.807) is 0 Å². The first kappa shape index (κ1) is 9.00. The standard InChI is InChI=1S/C10H18N2O/c1-2-7-6-9(7)12-10(13)8-4-3-5-11-8/h7-9,11H,2-6H2,1H3,(H,12,13)/t7?,8-,9?/m0/s1. The molecule has 1 aliphatic carbocycles. The van der Waals surface area contributed by atoms with E-state index in [2.05, 4.69) is 17.6 Å². The van der Waals surface area contributed by atoms with Crippen LogP contribution < -0.4 is 10.6 Å². The molecule has 2 fully saturated rings. The van der Waals surface area contributed by atoms with Crippen LogP contribution in [-0.4, -0.2) is 24.5 Å². The van der Waals surface area contributed by atoms with Crippen molar-refractivity contribution < 1.29 is 4.79 Å². The molecule has 1 aliphatic heterocycles. The zero-order chi connectivity index (χ0) is 9.26.